The van der Waals surface area contributed by atoms with Crippen LogP contribution in [0.5, 0.6) is 0 Å². The molecule has 1 amide bonds. The Morgan fingerprint density at radius 2 is 2.17 bits per heavy atom. The number of amides is 1. The number of sulfone groups is 1. The van der Waals surface area contributed by atoms with Crippen molar-refractivity contribution < 1.29 is 13.2 Å². The Morgan fingerprint density at radius 3 is 2.91 bits per heavy atom. The number of fused-ring (bicyclic) bond motifs is 1. The molecule has 8 nitrogen and oxygen atoms in total. The van der Waals surface area contributed by atoms with Gasteiger partial charge in [0, 0.05) is 18.8 Å². The molecular formula is C14H18N4O4S. The lowest BCUT2D eigenvalue weighted by Gasteiger charge is -2.26. The lowest BCUT2D eigenvalue weighted by Crippen LogP contribution is -2.43. The van der Waals surface area contributed by atoms with E-state index in [0.717, 1.165) is 4.68 Å². The Morgan fingerprint density at radius 1 is 1.39 bits per heavy atom. The summed E-state index contributed by atoms with van der Waals surface area (Å²) in [6.45, 7) is 1.90. The maximum absolute atomic E-state index is 12.5. The summed E-state index contributed by atoms with van der Waals surface area (Å²) in [6.07, 6.45) is 2.01. The molecule has 1 atom stereocenters. The lowest BCUT2D eigenvalue weighted by atomic mass is 10.3. The zero-order valence-electron chi connectivity index (χ0n) is 12.8. The Bertz CT molecular complexity index is 899. The highest BCUT2D eigenvalue weighted by atomic mass is 32.2. The molecule has 0 radical (unpaired) electrons. The second kappa shape index (κ2) is 5.80. The van der Waals surface area contributed by atoms with Gasteiger partial charge in [0.15, 0.2) is 15.5 Å². The first kappa shape index (κ1) is 15.7. The summed E-state index contributed by atoms with van der Waals surface area (Å²) in [5.41, 5.74) is 0.0841. The summed E-state index contributed by atoms with van der Waals surface area (Å²) in [5, 5.41) is 4.13. The second-order valence-electron chi connectivity index (χ2n) is 5.77. The van der Waals surface area contributed by atoms with Crippen molar-refractivity contribution >= 4 is 21.4 Å². The summed E-state index contributed by atoms with van der Waals surface area (Å²) < 4.78 is 26.0. The SMILES string of the molecule is CC1CS(=O)(=O)CCCN1C(=O)Cn1nc2ccccn2c1=O. The highest BCUT2D eigenvalue weighted by molar-refractivity contribution is 7.91. The quantitative estimate of drug-likeness (QED) is 0.738. The first-order valence-corrected chi connectivity index (χ1v) is 9.24. The van der Waals surface area contributed by atoms with E-state index in [2.05, 4.69) is 5.10 Å². The number of carbonyl (C=O) groups is 1. The van der Waals surface area contributed by atoms with Gasteiger partial charge in [0.25, 0.3) is 0 Å². The normalized spacial score (nSPS) is 21.3. The van der Waals surface area contributed by atoms with Crippen molar-refractivity contribution in [3.05, 3.63) is 34.9 Å². The summed E-state index contributed by atoms with van der Waals surface area (Å²) in [6, 6.07) is 4.76. The maximum atomic E-state index is 12.5. The number of hydrogen-bond donors (Lipinski definition) is 0. The molecule has 0 N–H and O–H groups in total. The molecule has 23 heavy (non-hydrogen) atoms. The molecule has 0 aromatic carbocycles. The largest absolute Gasteiger partial charge is 0.350 e. The fraction of sp³-hybridized carbons (Fsp3) is 0.500. The zero-order chi connectivity index (χ0) is 16.6. The minimum absolute atomic E-state index is 0.0429. The molecule has 0 spiro atoms. The fourth-order valence-corrected chi connectivity index (χ4v) is 4.53. The summed E-state index contributed by atoms with van der Waals surface area (Å²) in [4.78, 5) is 26.2. The minimum atomic E-state index is -3.12. The van der Waals surface area contributed by atoms with E-state index in [1.807, 2.05) is 0 Å². The van der Waals surface area contributed by atoms with E-state index in [9.17, 15) is 18.0 Å². The third kappa shape index (κ3) is 3.14. The smallest absolute Gasteiger partial charge is 0.337 e. The number of hydrogen-bond acceptors (Lipinski definition) is 5. The van der Waals surface area contributed by atoms with Crippen LogP contribution in [-0.2, 0) is 21.2 Å². The van der Waals surface area contributed by atoms with Gasteiger partial charge in [-0.15, -0.1) is 5.10 Å². The van der Waals surface area contributed by atoms with Crippen LogP contribution in [0.4, 0.5) is 0 Å². The predicted molar refractivity (Wildman–Crippen MR) is 83.9 cm³/mol. The van der Waals surface area contributed by atoms with Crippen LogP contribution in [-0.4, -0.2) is 57.5 Å². The monoisotopic (exact) mass is 338 g/mol. The fourth-order valence-electron chi connectivity index (χ4n) is 2.88. The average Bonchev–Trinajstić information content (AvgIpc) is 2.71. The van der Waals surface area contributed by atoms with Crippen molar-refractivity contribution in [2.75, 3.05) is 18.1 Å². The molecule has 3 rings (SSSR count). The summed E-state index contributed by atoms with van der Waals surface area (Å²) >= 11 is 0. The third-order valence-corrected chi connectivity index (χ3v) is 5.88. The first-order chi connectivity index (χ1) is 10.9. The third-order valence-electron chi connectivity index (χ3n) is 3.98. The van der Waals surface area contributed by atoms with Crippen LogP contribution in [0.3, 0.4) is 0 Å². The van der Waals surface area contributed by atoms with Crippen molar-refractivity contribution in [2.24, 2.45) is 0 Å². The number of nitrogens with zero attached hydrogens (tertiary/aromatic N) is 4. The van der Waals surface area contributed by atoms with Gasteiger partial charge in [0.05, 0.1) is 11.5 Å². The van der Waals surface area contributed by atoms with Crippen molar-refractivity contribution in [1.29, 1.82) is 0 Å². The number of rotatable bonds is 2. The van der Waals surface area contributed by atoms with Crippen LogP contribution in [0, 0.1) is 0 Å². The van der Waals surface area contributed by atoms with Crippen LogP contribution >= 0.6 is 0 Å². The summed E-state index contributed by atoms with van der Waals surface area (Å²) in [5.74, 6) is -0.242. The lowest BCUT2D eigenvalue weighted by molar-refractivity contribution is -0.133. The molecule has 1 saturated heterocycles. The molecule has 3 heterocycles. The number of aromatic nitrogens is 3. The molecule has 2 aromatic heterocycles. The van der Waals surface area contributed by atoms with Crippen LogP contribution < -0.4 is 5.69 Å². The molecule has 1 fully saturated rings. The Hall–Kier alpha value is -2.16. The predicted octanol–water partition coefficient (Wildman–Crippen LogP) is -0.468. The topological polar surface area (TPSA) is 93.8 Å². The Balaban J connectivity index is 1.83. The molecule has 2 aromatic rings. The maximum Gasteiger partial charge on any atom is 0.350 e. The molecule has 0 aliphatic carbocycles. The van der Waals surface area contributed by atoms with Gasteiger partial charge in [-0.3, -0.25) is 9.20 Å². The molecular weight excluding hydrogens is 320 g/mol. The van der Waals surface area contributed by atoms with Crippen LogP contribution in [0.2, 0.25) is 0 Å². The molecule has 1 aliphatic rings. The summed E-state index contributed by atoms with van der Waals surface area (Å²) in [7, 11) is -3.12. The van der Waals surface area contributed by atoms with Crippen molar-refractivity contribution in [1.82, 2.24) is 19.1 Å². The van der Waals surface area contributed by atoms with Gasteiger partial charge in [-0.05, 0) is 25.5 Å². The highest BCUT2D eigenvalue weighted by Gasteiger charge is 2.29. The van der Waals surface area contributed by atoms with Crippen molar-refractivity contribution in [2.45, 2.75) is 25.9 Å². The van der Waals surface area contributed by atoms with Gasteiger partial charge in [0.1, 0.15) is 6.54 Å². The van der Waals surface area contributed by atoms with Gasteiger partial charge in [-0.25, -0.2) is 17.9 Å². The van der Waals surface area contributed by atoms with Gasteiger partial charge >= 0.3 is 5.69 Å². The van der Waals surface area contributed by atoms with Gasteiger partial charge < -0.3 is 4.90 Å². The first-order valence-electron chi connectivity index (χ1n) is 7.41. The van der Waals surface area contributed by atoms with E-state index in [0.29, 0.717) is 18.6 Å². The van der Waals surface area contributed by atoms with Crippen molar-refractivity contribution in [3.63, 3.8) is 0 Å². The van der Waals surface area contributed by atoms with Crippen molar-refractivity contribution in [3.8, 4) is 0 Å². The Kier molecular flexibility index (Phi) is 3.97. The average molecular weight is 338 g/mol. The van der Waals surface area contributed by atoms with E-state index in [-0.39, 0.29) is 29.6 Å². The molecule has 124 valence electrons. The van der Waals surface area contributed by atoms with Gasteiger partial charge in [-0.2, -0.15) is 0 Å². The van der Waals surface area contributed by atoms with E-state index in [4.69, 9.17) is 0 Å². The van der Waals surface area contributed by atoms with E-state index in [1.165, 1.54) is 9.30 Å². The molecule has 1 unspecified atom stereocenters. The zero-order valence-corrected chi connectivity index (χ0v) is 13.6. The van der Waals surface area contributed by atoms with Gasteiger partial charge in [0.2, 0.25) is 5.91 Å². The second-order valence-corrected chi connectivity index (χ2v) is 8.00. The highest BCUT2D eigenvalue weighted by Crippen LogP contribution is 2.12. The van der Waals surface area contributed by atoms with E-state index >= 15 is 0 Å². The number of carbonyl (C=O) groups excluding carboxylic acids is 1. The molecule has 0 saturated carbocycles. The molecule has 0 bridgehead atoms. The Labute approximate surface area is 133 Å². The standard InChI is InChI=1S/C14H18N4O4S/c1-11-10-23(21,22)8-4-7-16(11)13(19)9-18-14(20)17-6-3-2-5-12(17)15-18/h2-3,5-6,11H,4,7-10H2,1H3. The number of pyridine rings is 1. The van der Waals surface area contributed by atoms with Crippen LogP contribution in [0.25, 0.3) is 5.65 Å². The van der Waals surface area contributed by atoms with Crippen LogP contribution in [0.1, 0.15) is 13.3 Å². The molecule has 9 heteroatoms. The van der Waals surface area contributed by atoms with E-state index in [1.54, 1.807) is 31.3 Å². The van der Waals surface area contributed by atoms with Crippen LogP contribution in [0.15, 0.2) is 29.2 Å². The van der Waals surface area contributed by atoms with Gasteiger partial charge in [-0.1, -0.05) is 6.07 Å². The molecule has 1 aliphatic heterocycles. The minimum Gasteiger partial charge on any atom is -0.337 e. The van der Waals surface area contributed by atoms with E-state index < -0.39 is 15.9 Å².